The van der Waals surface area contributed by atoms with Gasteiger partial charge in [0.15, 0.2) is 0 Å². The van der Waals surface area contributed by atoms with Gasteiger partial charge in [-0.25, -0.2) is 8.42 Å². The topological polar surface area (TPSA) is 77.2 Å². The van der Waals surface area contributed by atoms with Gasteiger partial charge in [-0.1, -0.05) is 0 Å². The van der Waals surface area contributed by atoms with Crippen molar-refractivity contribution in [1.29, 1.82) is 0 Å². The molecule has 0 aromatic carbocycles. The third kappa shape index (κ3) is 1.45. The van der Waals surface area contributed by atoms with Gasteiger partial charge >= 0.3 is 0 Å². The van der Waals surface area contributed by atoms with Gasteiger partial charge in [0.25, 0.3) is 0 Å². The number of carbonyl (C=O) groups is 1. The lowest BCUT2D eigenvalue weighted by molar-refractivity contribution is -0.120. The molecule has 0 radical (unpaired) electrons. The third-order valence-electron chi connectivity index (χ3n) is 3.36. The van der Waals surface area contributed by atoms with Crippen molar-refractivity contribution in [2.24, 2.45) is 17.1 Å². The number of primary amides is 1. The van der Waals surface area contributed by atoms with E-state index in [0.29, 0.717) is 12.8 Å². The van der Waals surface area contributed by atoms with Gasteiger partial charge in [-0.3, -0.25) is 4.79 Å². The van der Waals surface area contributed by atoms with Crippen LogP contribution >= 0.6 is 0 Å². The summed E-state index contributed by atoms with van der Waals surface area (Å²) < 4.78 is 22.3. The van der Waals surface area contributed by atoms with Gasteiger partial charge in [-0.15, -0.1) is 0 Å². The Hall–Kier alpha value is -0.580. The molecule has 1 unspecified atom stereocenters. The summed E-state index contributed by atoms with van der Waals surface area (Å²) in [6.07, 6.45) is 2.06. The highest BCUT2D eigenvalue weighted by Crippen LogP contribution is 2.59. The maximum atomic E-state index is 11.1. The lowest BCUT2D eigenvalue weighted by atomic mass is 9.96. The van der Waals surface area contributed by atoms with E-state index in [4.69, 9.17) is 5.73 Å². The fourth-order valence-electron chi connectivity index (χ4n) is 2.25. The van der Waals surface area contributed by atoms with Crippen LogP contribution in [0.2, 0.25) is 0 Å². The number of hydrogen-bond donors (Lipinski definition) is 1. The quantitative estimate of drug-likeness (QED) is 0.635. The lowest BCUT2D eigenvalue weighted by Gasteiger charge is -2.21. The molecule has 1 spiro atoms. The van der Waals surface area contributed by atoms with E-state index in [1.54, 1.807) is 0 Å². The fourth-order valence-corrected chi connectivity index (χ4v) is 3.89. The molecule has 2 N–H and O–H groups in total. The summed E-state index contributed by atoms with van der Waals surface area (Å²) in [5.41, 5.74) is 5.15. The minimum absolute atomic E-state index is 0.0306. The van der Waals surface area contributed by atoms with Crippen LogP contribution in [-0.4, -0.2) is 25.8 Å². The Bertz CT molecular complexity index is 332. The van der Waals surface area contributed by atoms with Crippen molar-refractivity contribution in [3.05, 3.63) is 0 Å². The van der Waals surface area contributed by atoms with Gasteiger partial charge in [-0.05, 0) is 24.7 Å². The summed E-state index contributed by atoms with van der Waals surface area (Å²) in [4.78, 5) is 10.9. The van der Waals surface area contributed by atoms with Crippen LogP contribution in [0.25, 0.3) is 0 Å². The fraction of sp³-hybridized carbons (Fsp3) is 0.875. The number of nitrogens with two attached hydrogens (primary N) is 1. The van der Waals surface area contributed by atoms with Crippen LogP contribution in [0.5, 0.6) is 0 Å². The van der Waals surface area contributed by atoms with Crippen LogP contribution in [-0.2, 0) is 14.6 Å². The second-order valence-corrected chi connectivity index (χ2v) is 6.48. The first-order valence-electron chi connectivity index (χ1n) is 4.45. The van der Waals surface area contributed by atoms with Gasteiger partial charge in [0.2, 0.25) is 5.91 Å². The second-order valence-electron chi connectivity index (χ2n) is 4.17. The van der Waals surface area contributed by atoms with Gasteiger partial charge in [0.1, 0.15) is 9.84 Å². The Kier molecular flexibility index (Phi) is 1.71. The molecule has 74 valence electrons. The molecule has 1 saturated heterocycles. The molecule has 1 heterocycles. The minimum Gasteiger partial charge on any atom is -0.369 e. The summed E-state index contributed by atoms with van der Waals surface area (Å²) in [5.74, 6) is 0.149. The Morgan fingerprint density at radius 1 is 1.31 bits per heavy atom. The largest absolute Gasteiger partial charge is 0.369 e. The first-order chi connectivity index (χ1) is 5.95. The Labute approximate surface area is 77.4 Å². The van der Waals surface area contributed by atoms with Gasteiger partial charge in [0, 0.05) is 5.92 Å². The molecule has 1 amide bonds. The summed E-state index contributed by atoms with van der Waals surface area (Å²) in [6, 6.07) is 0. The third-order valence-corrected chi connectivity index (χ3v) is 5.01. The molecule has 2 aliphatic rings. The first kappa shape index (κ1) is 8.99. The Morgan fingerprint density at radius 2 is 1.85 bits per heavy atom. The molecular formula is C8H13NO3S. The van der Waals surface area contributed by atoms with Crippen molar-refractivity contribution in [1.82, 2.24) is 0 Å². The van der Waals surface area contributed by atoms with E-state index in [0.717, 1.165) is 6.42 Å². The highest BCUT2D eigenvalue weighted by atomic mass is 32.2. The second kappa shape index (κ2) is 2.47. The van der Waals surface area contributed by atoms with Crippen molar-refractivity contribution in [2.45, 2.75) is 19.3 Å². The van der Waals surface area contributed by atoms with Crippen LogP contribution in [0.1, 0.15) is 19.3 Å². The predicted molar refractivity (Wildman–Crippen MR) is 47.6 cm³/mol. The predicted octanol–water partition coefficient (Wildman–Crippen LogP) is -0.313. The molecule has 1 atom stereocenters. The van der Waals surface area contributed by atoms with Crippen LogP contribution in [0, 0.1) is 11.3 Å². The molecule has 4 nitrogen and oxygen atoms in total. The van der Waals surface area contributed by atoms with E-state index >= 15 is 0 Å². The average molecular weight is 203 g/mol. The van der Waals surface area contributed by atoms with Gasteiger partial charge < -0.3 is 5.73 Å². The number of rotatable bonds is 1. The number of amides is 1. The number of sulfone groups is 1. The van der Waals surface area contributed by atoms with Crippen LogP contribution in [0.4, 0.5) is 0 Å². The smallest absolute Gasteiger partial charge is 0.221 e. The molecule has 2 fully saturated rings. The van der Waals surface area contributed by atoms with Crippen LogP contribution < -0.4 is 5.73 Å². The maximum Gasteiger partial charge on any atom is 0.221 e. The van der Waals surface area contributed by atoms with Crippen molar-refractivity contribution < 1.29 is 13.2 Å². The Balaban J connectivity index is 2.05. The SMILES string of the molecule is NC(=O)C1CC12CCS(=O)(=O)CC2. The Morgan fingerprint density at radius 3 is 2.23 bits per heavy atom. The lowest BCUT2D eigenvalue weighted by Crippen LogP contribution is -2.28. The summed E-state index contributed by atoms with van der Waals surface area (Å²) in [7, 11) is -2.82. The molecule has 0 aromatic rings. The molecule has 1 aliphatic carbocycles. The summed E-state index contributed by atoms with van der Waals surface area (Å²) in [6.45, 7) is 0. The average Bonchev–Trinajstić information content (AvgIpc) is 2.72. The number of hydrogen-bond acceptors (Lipinski definition) is 3. The van der Waals surface area contributed by atoms with Crippen molar-refractivity contribution in [3.63, 3.8) is 0 Å². The van der Waals surface area contributed by atoms with E-state index < -0.39 is 9.84 Å². The van der Waals surface area contributed by atoms with Crippen molar-refractivity contribution >= 4 is 15.7 Å². The van der Waals surface area contributed by atoms with Crippen LogP contribution in [0.3, 0.4) is 0 Å². The van der Waals surface area contributed by atoms with E-state index in [2.05, 4.69) is 0 Å². The van der Waals surface area contributed by atoms with E-state index in [9.17, 15) is 13.2 Å². The van der Waals surface area contributed by atoms with Crippen LogP contribution in [0.15, 0.2) is 0 Å². The van der Waals surface area contributed by atoms with Gasteiger partial charge in [-0.2, -0.15) is 0 Å². The first-order valence-corrected chi connectivity index (χ1v) is 6.27. The van der Waals surface area contributed by atoms with E-state index in [1.165, 1.54) is 0 Å². The normalized spacial score (nSPS) is 34.3. The molecule has 0 bridgehead atoms. The molecule has 5 heteroatoms. The van der Waals surface area contributed by atoms with Crippen molar-refractivity contribution in [2.75, 3.05) is 11.5 Å². The molecule has 0 aromatic heterocycles. The molecule has 13 heavy (non-hydrogen) atoms. The zero-order valence-electron chi connectivity index (χ0n) is 7.32. The highest BCUT2D eigenvalue weighted by molar-refractivity contribution is 7.91. The summed E-state index contributed by atoms with van der Waals surface area (Å²) in [5, 5.41) is 0. The zero-order chi connectivity index (χ0) is 9.69. The van der Waals surface area contributed by atoms with E-state index in [-0.39, 0.29) is 28.7 Å². The highest BCUT2D eigenvalue weighted by Gasteiger charge is 2.58. The summed E-state index contributed by atoms with van der Waals surface area (Å²) >= 11 is 0. The molecule has 2 rings (SSSR count). The van der Waals surface area contributed by atoms with Crippen molar-refractivity contribution in [3.8, 4) is 0 Å². The molecule has 1 saturated carbocycles. The molecule has 1 aliphatic heterocycles. The molecular weight excluding hydrogens is 190 g/mol. The zero-order valence-corrected chi connectivity index (χ0v) is 8.14. The van der Waals surface area contributed by atoms with Gasteiger partial charge in [0.05, 0.1) is 11.5 Å². The monoisotopic (exact) mass is 203 g/mol. The maximum absolute atomic E-state index is 11.1. The van der Waals surface area contributed by atoms with E-state index in [1.807, 2.05) is 0 Å². The minimum atomic E-state index is -2.82. The standard InChI is InChI=1S/C8H13NO3S/c9-7(10)6-5-8(6)1-3-13(11,12)4-2-8/h6H,1-5H2,(H2,9,10). The number of carbonyl (C=O) groups excluding carboxylic acids is 1.